The normalized spacial score (nSPS) is 13.6. The maximum absolute atomic E-state index is 9.43. The van der Waals surface area contributed by atoms with Crippen LogP contribution in [0.1, 0.15) is 39.8 Å². The molecule has 2 atom stereocenters. The Hall–Kier alpha value is -2.22. The van der Waals surface area contributed by atoms with Gasteiger partial charge >= 0.3 is 0 Å². The van der Waals surface area contributed by atoms with Crippen LogP contribution in [0, 0.1) is 0 Å². The lowest BCUT2D eigenvalue weighted by molar-refractivity contribution is 0.208. The largest absolute Gasteiger partial charge is 0.392 e. The number of hydrogen-bond donors (Lipinski definition) is 4. The molecule has 2 rings (SSSR count). The lowest BCUT2D eigenvalue weighted by atomic mass is 10.2. The molecule has 0 fully saturated rings. The summed E-state index contributed by atoms with van der Waals surface area (Å²) >= 11 is 0. The molecular formula is C16H27N7O. The lowest BCUT2D eigenvalue weighted by Crippen LogP contribution is -2.19. The number of anilines is 3. The van der Waals surface area contributed by atoms with Crippen LogP contribution in [0.2, 0.25) is 0 Å². The maximum Gasteiger partial charge on any atom is 0.225 e. The molecule has 24 heavy (non-hydrogen) atoms. The number of fused-ring (bicyclic) bond motifs is 1. The third kappa shape index (κ3) is 4.19. The zero-order chi connectivity index (χ0) is 17.7. The third-order valence-electron chi connectivity index (χ3n) is 3.73. The first-order valence-electron chi connectivity index (χ1n) is 8.43. The summed E-state index contributed by atoms with van der Waals surface area (Å²) in [6.45, 7) is 8.33. The number of aliphatic hydroxyl groups is 1. The van der Waals surface area contributed by atoms with E-state index in [1.807, 2.05) is 14.0 Å². The summed E-state index contributed by atoms with van der Waals surface area (Å²) in [6.07, 6.45) is 1.23. The van der Waals surface area contributed by atoms with E-state index in [1.54, 1.807) is 6.92 Å². The average Bonchev–Trinajstić information content (AvgIpc) is 2.58. The van der Waals surface area contributed by atoms with E-state index in [4.69, 9.17) is 0 Å². The molecule has 0 aliphatic rings. The minimum absolute atomic E-state index is 0.283. The Morgan fingerprint density at radius 2 is 1.71 bits per heavy atom. The standard InChI is InChI=1S/C16H27N7O/c1-6-9(3)19-16-21-12-11(7-2)20-15(18-8-10(4)24)22-13(12)14(17-5)23-16/h9-10,24H,6-8H2,1-5H3,(H,18,20,22)(H2,17,19,21,23)/t9-,10-/m0/s1. The molecule has 0 unspecified atom stereocenters. The van der Waals surface area contributed by atoms with Gasteiger partial charge in [0, 0.05) is 19.6 Å². The highest BCUT2D eigenvalue weighted by Gasteiger charge is 2.15. The van der Waals surface area contributed by atoms with Gasteiger partial charge in [-0.05, 0) is 26.7 Å². The predicted molar refractivity (Wildman–Crippen MR) is 97.6 cm³/mol. The van der Waals surface area contributed by atoms with Gasteiger partial charge in [-0.25, -0.2) is 15.0 Å². The SMILES string of the molecule is CCc1nc(NC[C@H](C)O)nc2c(NC)nc(N[C@@H](C)CC)nc12. The van der Waals surface area contributed by atoms with Crippen molar-refractivity contribution in [1.29, 1.82) is 0 Å². The Bertz CT molecular complexity index is 690. The van der Waals surface area contributed by atoms with E-state index in [0.717, 1.165) is 24.1 Å². The topological polar surface area (TPSA) is 108 Å². The highest BCUT2D eigenvalue weighted by Crippen LogP contribution is 2.24. The van der Waals surface area contributed by atoms with Crippen molar-refractivity contribution < 1.29 is 5.11 Å². The van der Waals surface area contributed by atoms with Crippen LogP contribution in [0.15, 0.2) is 0 Å². The van der Waals surface area contributed by atoms with Crippen LogP contribution in [-0.4, -0.2) is 50.8 Å². The van der Waals surface area contributed by atoms with E-state index < -0.39 is 6.10 Å². The van der Waals surface area contributed by atoms with Crippen molar-refractivity contribution in [2.45, 2.75) is 52.7 Å². The van der Waals surface area contributed by atoms with Gasteiger partial charge in [0.15, 0.2) is 5.82 Å². The number of aromatic nitrogens is 4. The van der Waals surface area contributed by atoms with Crippen LogP contribution in [-0.2, 0) is 6.42 Å². The molecule has 8 heteroatoms. The number of nitrogens with zero attached hydrogens (tertiary/aromatic N) is 4. The monoisotopic (exact) mass is 333 g/mol. The fourth-order valence-corrected chi connectivity index (χ4v) is 2.20. The number of hydrogen-bond acceptors (Lipinski definition) is 8. The molecule has 132 valence electrons. The van der Waals surface area contributed by atoms with Gasteiger partial charge in [0.1, 0.15) is 11.0 Å². The van der Waals surface area contributed by atoms with Crippen LogP contribution >= 0.6 is 0 Å². The Balaban J connectivity index is 2.51. The summed E-state index contributed by atoms with van der Waals surface area (Å²) in [5.74, 6) is 1.70. The third-order valence-corrected chi connectivity index (χ3v) is 3.73. The molecule has 4 N–H and O–H groups in total. The first-order chi connectivity index (χ1) is 11.5. The molecule has 0 bridgehead atoms. The highest BCUT2D eigenvalue weighted by molar-refractivity contribution is 5.88. The van der Waals surface area contributed by atoms with E-state index in [2.05, 4.69) is 49.7 Å². The van der Waals surface area contributed by atoms with E-state index >= 15 is 0 Å². The van der Waals surface area contributed by atoms with Gasteiger partial charge in [0.25, 0.3) is 0 Å². The van der Waals surface area contributed by atoms with Gasteiger partial charge in [-0.3, -0.25) is 0 Å². The van der Waals surface area contributed by atoms with Crippen molar-refractivity contribution in [3.8, 4) is 0 Å². The Morgan fingerprint density at radius 3 is 2.29 bits per heavy atom. The molecule has 0 spiro atoms. The maximum atomic E-state index is 9.43. The Morgan fingerprint density at radius 1 is 1.00 bits per heavy atom. The van der Waals surface area contributed by atoms with E-state index in [-0.39, 0.29) is 6.04 Å². The van der Waals surface area contributed by atoms with Crippen LogP contribution in [0.4, 0.5) is 17.7 Å². The number of aryl methyl sites for hydroxylation is 1. The smallest absolute Gasteiger partial charge is 0.225 e. The summed E-state index contributed by atoms with van der Waals surface area (Å²) in [6, 6.07) is 0.283. The van der Waals surface area contributed by atoms with E-state index in [9.17, 15) is 5.11 Å². The minimum Gasteiger partial charge on any atom is -0.392 e. The van der Waals surface area contributed by atoms with Crippen LogP contribution < -0.4 is 16.0 Å². The second kappa shape index (κ2) is 8.05. The van der Waals surface area contributed by atoms with Crippen molar-refractivity contribution in [2.75, 3.05) is 29.5 Å². The molecule has 8 nitrogen and oxygen atoms in total. The average molecular weight is 333 g/mol. The molecular weight excluding hydrogens is 306 g/mol. The van der Waals surface area contributed by atoms with Crippen molar-refractivity contribution in [2.24, 2.45) is 0 Å². The summed E-state index contributed by atoms with van der Waals surface area (Å²) in [5, 5.41) is 18.9. The van der Waals surface area contributed by atoms with Crippen LogP contribution in [0.25, 0.3) is 11.0 Å². The van der Waals surface area contributed by atoms with Gasteiger partial charge in [0.2, 0.25) is 11.9 Å². The Kier molecular flexibility index (Phi) is 6.08. The summed E-state index contributed by atoms with van der Waals surface area (Å²) < 4.78 is 0. The van der Waals surface area contributed by atoms with Crippen LogP contribution in [0.5, 0.6) is 0 Å². The van der Waals surface area contributed by atoms with Crippen molar-refractivity contribution >= 4 is 28.7 Å². The molecule has 0 aliphatic heterocycles. The first-order valence-corrected chi connectivity index (χ1v) is 8.43. The molecule has 0 saturated carbocycles. The van der Waals surface area contributed by atoms with Gasteiger partial charge in [-0.15, -0.1) is 0 Å². The van der Waals surface area contributed by atoms with Gasteiger partial charge in [0.05, 0.1) is 11.8 Å². The number of nitrogens with one attached hydrogen (secondary N) is 3. The molecule has 2 aromatic heterocycles. The zero-order valence-electron chi connectivity index (χ0n) is 15.0. The highest BCUT2D eigenvalue weighted by atomic mass is 16.3. The molecule has 0 amide bonds. The lowest BCUT2D eigenvalue weighted by Gasteiger charge is -2.15. The summed E-state index contributed by atoms with van der Waals surface area (Å²) in [5.41, 5.74) is 2.26. The van der Waals surface area contributed by atoms with Crippen molar-refractivity contribution in [3.63, 3.8) is 0 Å². The number of aliphatic hydroxyl groups excluding tert-OH is 1. The number of rotatable bonds is 8. The van der Waals surface area contributed by atoms with Gasteiger partial charge < -0.3 is 21.1 Å². The molecule has 2 aromatic rings. The van der Waals surface area contributed by atoms with Gasteiger partial charge in [-0.2, -0.15) is 4.98 Å². The molecule has 0 saturated heterocycles. The minimum atomic E-state index is -0.475. The predicted octanol–water partition coefficient (Wildman–Crippen LogP) is 2.03. The molecule has 0 aliphatic carbocycles. The molecule has 0 aromatic carbocycles. The fraction of sp³-hybridized carbons (Fsp3) is 0.625. The quantitative estimate of drug-likeness (QED) is 0.581. The zero-order valence-corrected chi connectivity index (χ0v) is 15.0. The molecule has 0 radical (unpaired) electrons. The summed E-state index contributed by atoms with van der Waals surface area (Å²) in [4.78, 5) is 18.2. The second-order valence-electron chi connectivity index (χ2n) is 5.87. The fourth-order valence-electron chi connectivity index (χ4n) is 2.20. The second-order valence-corrected chi connectivity index (χ2v) is 5.87. The van der Waals surface area contributed by atoms with Crippen molar-refractivity contribution in [1.82, 2.24) is 19.9 Å². The molecule has 2 heterocycles. The van der Waals surface area contributed by atoms with E-state index in [0.29, 0.717) is 29.8 Å². The first kappa shape index (κ1) is 18.1. The summed E-state index contributed by atoms with van der Waals surface area (Å²) in [7, 11) is 1.81. The van der Waals surface area contributed by atoms with E-state index in [1.165, 1.54) is 0 Å². The Labute approximate surface area is 142 Å². The van der Waals surface area contributed by atoms with Crippen LogP contribution in [0.3, 0.4) is 0 Å². The van der Waals surface area contributed by atoms with Gasteiger partial charge in [-0.1, -0.05) is 13.8 Å². The van der Waals surface area contributed by atoms with Crippen molar-refractivity contribution in [3.05, 3.63) is 5.69 Å².